The minimum absolute atomic E-state index is 0.0932. The van der Waals surface area contributed by atoms with Crippen LogP contribution in [-0.4, -0.2) is 46.1 Å². The van der Waals surface area contributed by atoms with Crippen molar-refractivity contribution in [3.63, 3.8) is 0 Å². The molecule has 8 heteroatoms. The van der Waals surface area contributed by atoms with Gasteiger partial charge in [0.05, 0.1) is 5.60 Å². The first kappa shape index (κ1) is 25.4. The largest absolute Gasteiger partial charge is 0.435 e. The third kappa shape index (κ3) is 6.83. The summed E-state index contributed by atoms with van der Waals surface area (Å²) in [5.41, 5.74) is 1.71. The maximum absolute atomic E-state index is 6.55. The van der Waals surface area contributed by atoms with Crippen molar-refractivity contribution in [1.82, 2.24) is 0 Å². The van der Waals surface area contributed by atoms with E-state index in [1.807, 2.05) is 0 Å². The summed E-state index contributed by atoms with van der Waals surface area (Å²) in [7, 11) is 2.61. The third-order valence-electron chi connectivity index (χ3n) is 5.74. The summed E-state index contributed by atoms with van der Waals surface area (Å²) in [6, 6.07) is 21.3. The van der Waals surface area contributed by atoms with Crippen LogP contribution in [0.5, 0.6) is 0 Å². The van der Waals surface area contributed by atoms with Gasteiger partial charge in [-0.2, -0.15) is 0 Å². The fourth-order valence-corrected chi connectivity index (χ4v) is 5.81. The van der Waals surface area contributed by atoms with Gasteiger partial charge in [0.1, 0.15) is 0 Å². The molecule has 0 bridgehead atoms. The SMILES string of the molecule is CCCCCCC(C)(O[Si]O[Si]O[Si]O[Si])C(C)(c1ccccc1)c1ccccc1. The highest BCUT2D eigenvalue weighted by molar-refractivity contribution is 6.42. The van der Waals surface area contributed by atoms with Crippen LogP contribution in [0.4, 0.5) is 0 Å². The molecular formula is C22H29O4Si4. The molecule has 157 valence electrons. The van der Waals surface area contributed by atoms with Gasteiger partial charge in [-0.3, -0.25) is 0 Å². The number of benzene rings is 2. The van der Waals surface area contributed by atoms with E-state index >= 15 is 0 Å². The van der Waals surface area contributed by atoms with E-state index in [9.17, 15) is 0 Å². The number of unbranched alkanes of at least 4 members (excludes halogenated alkanes) is 3. The Morgan fingerprint density at radius 2 is 1.33 bits per heavy atom. The Bertz CT molecular complexity index is 665. The van der Waals surface area contributed by atoms with Crippen molar-refractivity contribution in [2.75, 3.05) is 0 Å². The van der Waals surface area contributed by atoms with Gasteiger partial charge >= 0.3 is 30.0 Å². The molecule has 0 amide bonds. The van der Waals surface area contributed by atoms with E-state index in [-0.39, 0.29) is 35.4 Å². The zero-order valence-electron chi connectivity index (χ0n) is 17.9. The molecule has 0 aliphatic rings. The van der Waals surface area contributed by atoms with Crippen LogP contribution in [0, 0.1) is 0 Å². The average molecular weight is 470 g/mol. The van der Waals surface area contributed by atoms with Crippen LogP contribution in [0.15, 0.2) is 60.7 Å². The second-order valence-electron chi connectivity index (χ2n) is 7.56. The molecule has 0 N–H and O–H groups in total. The average Bonchev–Trinajstić information content (AvgIpc) is 2.79. The van der Waals surface area contributed by atoms with E-state index in [1.165, 1.54) is 30.4 Å². The second kappa shape index (κ2) is 13.5. The molecule has 1 atom stereocenters. The Kier molecular flexibility index (Phi) is 11.5. The van der Waals surface area contributed by atoms with Gasteiger partial charge in [-0.25, -0.2) is 0 Å². The van der Waals surface area contributed by atoms with E-state index < -0.39 is 5.60 Å². The van der Waals surface area contributed by atoms with Crippen molar-refractivity contribution >= 4 is 40.5 Å². The van der Waals surface area contributed by atoms with E-state index in [2.05, 4.69) is 91.9 Å². The van der Waals surface area contributed by atoms with Crippen LogP contribution in [0.1, 0.15) is 64.0 Å². The lowest BCUT2D eigenvalue weighted by molar-refractivity contribution is 0.00850. The molecule has 0 saturated heterocycles. The predicted molar refractivity (Wildman–Crippen MR) is 124 cm³/mol. The van der Waals surface area contributed by atoms with Gasteiger partial charge < -0.3 is 16.8 Å². The van der Waals surface area contributed by atoms with Gasteiger partial charge in [0.25, 0.3) is 0 Å². The minimum Gasteiger partial charge on any atom is -0.435 e. The van der Waals surface area contributed by atoms with E-state index in [4.69, 9.17) is 16.8 Å². The molecular weight excluding hydrogens is 441 g/mol. The molecule has 0 aliphatic carbocycles. The van der Waals surface area contributed by atoms with Crippen LogP contribution in [0.3, 0.4) is 0 Å². The molecule has 0 saturated carbocycles. The highest BCUT2D eigenvalue weighted by atomic mass is 28.4. The van der Waals surface area contributed by atoms with Crippen LogP contribution in [-0.2, 0) is 22.2 Å². The van der Waals surface area contributed by atoms with E-state index in [0.717, 1.165) is 12.8 Å². The smallest absolute Gasteiger partial charge is 0.423 e. The molecule has 0 heterocycles. The van der Waals surface area contributed by atoms with Crippen molar-refractivity contribution in [1.29, 1.82) is 0 Å². The van der Waals surface area contributed by atoms with Crippen molar-refractivity contribution < 1.29 is 16.8 Å². The molecule has 0 aliphatic heterocycles. The molecule has 2 aromatic carbocycles. The van der Waals surface area contributed by atoms with Crippen LogP contribution >= 0.6 is 0 Å². The summed E-state index contributed by atoms with van der Waals surface area (Å²) in [4.78, 5) is 0. The standard InChI is InChI=1S/C22H29O4Si4/c1-4-5-6-13-18-21(2,23-28-25-30-26-29-24-27)22(3,19-14-9-7-10-15-19)20-16-11-8-12-17-20/h7-12,14-17H,4-6,13,18H2,1-3H3. The van der Waals surface area contributed by atoms with Crippen molar-refractivity contribution in [3.05, 3.63) is 71.8 Å². The fourth-order valence-electron chi connectivity index (χ4n) is 3.80. The minimum atomic E-state index is -0.444. The third-order valence-corrected chi connectivity index (χ3v) is 7.94. The van der Waals surface area contributed by atoms with Gasteiger partial charge in [-0.05, 0) is 31.4 Å². The van der Waals surface area contributed by atoms with Crippen LogP contribution in [0.2, 0.25) is 0 Å². The highest BCUT2D eigenvalue weighted by Crippen LogP contribution is 2.46. The normalized spacial score (nSPS) is 13.9. The zero-order chi connectivity index (χ0) is 21.7. The van der Waals surface area contributed by atoms with Crippen molar-refractivity contribution in [2.24, 2.45) is 0 Å². The Labute approximate surface area is 192 Å². The molecule has 9 radical (unpaired) electrons. The van der Waals surface area contributed by atoms with Crippen LogP contribution < -0.4 is 0 Å². The summed E-state index contributed by atoms with van der Waals surface area (Å²) < 4.78 is 22.2. The summed E-state index contributed by atoms with van der Waals surface area (Å²) >= 11 is 0. The van der Waals surface area contributed by atoms with Gasteiger partial charge in [0.2, 0.25) is 10.5 Å². The van der Waals surface area contributed by atoms with E-state index in [1.54, 1.807) is 0 Å². The van der Waals surface area contributed by atoms with Gasteiger partial charge in [-0.15, -0.1) is 0 Å². The zero-order valence-corrected chi connectivity index (χ0v) is 21.9. The molecule has 2 aromatic rings. The first-order valence-corrected chi connectivity index (χ1v) is 13.1. The summed E-state index contributed by atoms with van der Waals surface area (Å²) in [5.74, 6) is 0. The summed E-state index contributed by atoms with van der Waals surface area (Å²) in [6.45, 7) is 6.75. The molecule has 4 nitrogen and oxygen atoms in total. The lowest BCUT2D eigenvalue weighted by atomic mass is 9.63. The topological polar surface area (TPSA) is 36.9 Å². The monoisotopic (exact) mass is 469 g/mol. The maximum atomic E-state index is 6.55. The van der Waals surface area contributed by atoms with Gasteiger partial charge in [-0.1, -0.05) is 93.3 Å². The van der Waals surface area contributed by atoms with Gasteiger partial charge in [0.15, 0.2) is 0 Å². The fraction of sp³-hybridized carbons (Fsp3) is 0.455. The molecule has 1 unspecified atom stereocenters. The molecule has 2 rings (SSSR count). The molecule has 0 spiro atoms. The summed E-state index contributed by atoms with van der Waals surface area (Å²) in [6.07, 6.45) is 5.71. The quantitative estimate of drug-likeness (QED) is 0.285. The molecule has 30 heavy (non-hydrogen) atoms. The lowest BCUT2D eigenvalue weighted by Gasteiger charge is -2.47. The predicted octanol–water partition coefficient (Wildman–Crippen LogP) is 4.47. The maximum Gasteiger partial charge on any atom is 0.423 e. The van der Waals surface area contributed by atoms with Gasteiger partial charge in [0, 0.05) is 5.41 Å². The second-order valence-corrected chi connectivity index (χ2v) is 10.7. The number of hydrogen-bond acceptors (Lipinski definition) is 4. The molecule has 0 fully saturated rings. The van der Waals surface area contributed by atoms with E-state index in [0.29, 0.717) is 0 Å². The highest BCUT2D eigenvalue weighted by Gasteiger charge is 2.47. The van der Waals surface area contributed by atoms with Crippen molar-refractivity contribution in [3.8, 4) is 0 Å². The number of rotatable bonds is 15. The Morgan fingerprint density at radius 1 is 0.767 bits per heavy atom. The Morgan fingerprint density at radius 3 is 1.87 bits per heavy atom. The molecule has 0 aromatic heterocycles. The Balaban J connectivity index is 2.31. The number of hydrogen-bond donors (Lipinski definition) is 0. The van der Waals surface area contributed by atoms with Crippen LogP contribution in [0.25, 0.3) is 0 Å². The summed E-state index contributed by atoms with van der Waals surface area (Å²) in [5, 5.41) is 0. The Hall–Kier alpha value is -0.852. The van der Waals surface area contributed by atoms with Crippen molar-refractivity contribution in [2.45, 2.75) is 63.9 Å². The first-order chi connectivity index (χ1) is 14.6. The first-order valence-electron chi connectivity index (χ1n) is 10.3. The lowest BCUT2D eigenvalue weighted by Crippen LogP contribution is -2.51.